The lowest BCUT2D eigenvalue weighted by molar-refractivity contribution is 0.0697. The van der Waals surface area contributed by atoms with Gasteiger partial charge >= 0.3 is 0 Å². The average molecular weight is 556 g/mol. The summed E-state index contributed by atoms with van der Waals surface area (Å²) in [5.74, 6) is 1.40. The third-order valence-electron chi connectivity index (χ3n) is 8.69. The van der Waals surface area contributed by atoms with Crippen LogP contribution >= 0.6 is 12.2 Å². The number of amides is 1. The molecule has 0 spiro atoms. The predicted octanol–water partition coefficient (Wildman–Crippen LogP) is 5.46. The smallest absolute Gasteiger partial charge is 0.253 e. The van der Waals surface area contributed by atoms with Crippen molar-refractivity contribution in [1.82, 2.24) is 9.47 Å². The first-order chi connectivity index (χ1) is 19.3. The monoisotopic (exact) mass is 555 g/mol. The summed E-state index contributed by atoms with van der Waals surface area (Å²) in [5, 5.41) is 7.20. The van der Waals surface area contributed by atoms with Crippen LogP contribution in [0.4, 0.5) is 17.1 Å². The topological polar surface area (TPSA) is 69.6 Å². The molecule has 2 saturated heterocycles. The van der Waals surface area contributed by atoms with Gasteiger partial charge in [0.2, 0.25) is 0 Å². The number of fused-ring (bicyclic) bond motifs is 4. The van der Waals surface area contributed by atoms with Crippen molar-refractivity contribution in [3.8, 4) is 0 Å². The lowest BCUT2D eigenvalue weighted by atomic mass is 9.83. The van der Waals surface area contributed by atoms with Crippen LogP contribution in [-0.2, 0) is 6.54 Å². The normalized spacial score (nSPS) is 20.6. The Morgan fingerprint density at radius 2 is 1.73 bits per heavy atom. The molecule has 0 aliphatic carbocycles. The maximum absolute atomic E-state index is 13.5. The van der Waals surface area contributed by atoms with Crippen LogP contribution in [0.1, 0.15) is 53.7 Å². The highest BCUT2D eigenvalue weighted by atomic mass is 32.1. The molecule has 7 nitrogen and oxygen atoms in total. The number of thiocarbonyl (C=S) groups is 1. The Balaban J connectivity index is 1.29. The van der Waals surface area contributed by atoms with E-state index in [0.29, 0.717) is 22.5 Å². The zero-order valence-corrected chi connectivity index (χ0v) is 24.0. The maximum Gasteiger partial charge on any atom is 0.253 e. The second kappa shape index (κ2) is 11.1. The second-order valence-electron chi connectivity index (χ2n) is 11.8. The van der Waals surface area contributed by atoms with E-state index in [9.17, 15) is 9.59 Å². The van der Waals surface area contributed by atoms with E-state index in [0.717, 1.165) is 74.7 Å². The number of hydrogen-bond donors (Lipinski definition) is 2. The molecule has 0 radical (unpaired) electrons. The molecule has 2 atom stereocenters. The molecule has 3 aliphatic heterocycles. The first-order valence-corrected chi connectivity index (χ1v) is 14.8. The number of piperidine rings is 2. The zero-order valence-electron chi connectivity index (χ0n) is 23.2. The van der Waals surface area contributed by atoms with Crippen LogP contribution in [0, 0.1) is 18.8 Å². The first-order valence-electron chi connectivity index (χ1n) is 14.4. The van der Waals surface area contributed by atoms with Gasteiger partial charge < -0.3 is 25.0 Å². The van der Waals surface area contributed by atoms with E-state index in [1.54, 1.807) is 6.07 Å². The van der Waals surface area contributed by atoms with Crippen molar-refractivity contribution in [2.45, 2.75) is 45.6 Å². The summed E-state index contributed by atoms with van der Waals surface area (Å²) in [5.41, 5.74) is 5.83. The number of likely N-dealkylation sites (tertiary alicyclic amines) is 1. The minimum atomic E-state index is 0.0720. The van der Waals surface area contributed by atoms with Crippen LogP contribution in [0.25, 0.3) is 0 Å². The van der Waals surface area contributed by atoms with Gasteiger partial charge in [-0.25, -0.2) is 0 Å². The lowest BCUT2D eigenvalue weighted by Gasteiger charge is -2.44. The van der Waals surface area contributed by atoms with Crippen LogP contribution in [0.3, 0.4) is 0 Å². The maximum atomic E-state index is 13.5. The number of aryl methyl sites for hydroxylation is 1. The Kier molecular flexibility index (Phi) is 7.36. The molecule has 4 heterocycles. The van der Waals surface area contributed by atoms with Crippen molar-refractivity contribution in [1.29, 1.82) is 0 Å². The minimum Gasteiger partial charge on any atom is -0.369 e. The highest BCUT2D eigenvalue weighted by Crippen LogP contribution is 2.39. The molecular weight excluding hydrogens is 518 g/mol. The molecule has 1 amide bonds. The van der Waals surface area contributed by atoms with E-state index in [2.05, 4.69) is 41.5 Å². The summed E-state index contributed by atoms with van der Waals surface area (Å²) in [4.78, 5) is 30.4. The molecule has 2 unspecified atom stereocenters. The van der Waals surface area contributed by atoms with E-state index < -0.39 is 0 Å². The molecule has 3 aliphatic rings. The summed E-state index contributed by atoms with van der Waals surface area (Å²) < 4.78 is 1.96. The fourth-order valence-electron chi connectivity index (χ4n) is 6.45. The first kappa shape index (κ1) is 26.6. The van der Waals surface area contributed by atoms with E-state index in [1.807, 2.05) is 51.9 Å². The summed E-state index contributed by atoms with van der Waals surface area (Å²) in [6.07, 6.45) is 3.17. The number of carbonyl (C=O) groups excluding carboxylic acids is 1. The number of nitrogens with one attached hydrogen (secondary N) is 2. The number of pyridine rings is 1. The van der Waals surface area contributed by atoms with Crippen LogP contribution in [-0.4, -0.2) is 46.7 Å². The number of benzene rings is 2. The Hall–Kier alpha value is -3.65. The quantitative estimate of drug-likeness (QED) is 0.417. The SMILES string of the molecule is Cc1ccc(NC(=S)Nc2cc(C(=O)N3CCC(C)CC3)ccc2N2CC3CC(C2)c2cccc(=O)n2C3)cc1. The standard InChI is InChI=1S/C32H37N5O2S/c1-21-6-9-26(10-7-21)33-32(40)34-27-17-24(31(39)35-14-12-22(2)13-15-35)8-11-29(27)36-18-23-16-25(20-36)28-4-3-5-30(38)37(28)19-23/h3-11,17,22-23,25H,12-16,18-20H2,1-2H3,(H2,33,34,40). The third kappa shape index (κ3) is 5.50. The van der Waals surface area contributed by atoms with Gasteiger partial charge in [-0.15, -0.1) is 0 Å². The molecule has 3 aromatic rings. The van der Waals surface area contributed by atoms with Gasteiger partial charge in [0.1, 0.15) is 0 Å². The number of rotatable bonds is 4. The number of carbonyl (C=O) groups is 1. The van der Waals surface area contributed by atoms with Crippen LogP contribution in [0.5, 0.6) is 0 Å². The summed E-state index contributed by atoms with van der Waals surface area (Å²) >= 11 is 5.73. The largest absolute Gasteiger partial charge is 0.369 e. The van der Waals surface area contributed by atoms with E-state index in [-0.39, 0.29) is 17.4 Å². The van der Waals surface area contributed by atoms with Crippen molar-refractivity contribution in [2.24, 2.45) is 11.8 Å². The Labute approximate surface area is 241 Å². The van der Waals surface area contributed by atoms with E-state index in [4.69, 9.17) is 12.2 Å². The highest BCUT2D eigenvalue weighted by Gasteiger charge is 2.35. The summed E-state index contributed by atoms with van der Waals surface area (Å²) in [6.45, 7) is 8.30. The molecule has 40 heavy (non-hydrogen) atoms. The van der Waals surface area contributed by atoms with Crippen LogP contribution < -0.4 is 21.1 Å². The highest BCUT2D eigenvalue weighted by molar-refractivity contribution is 7.80. The van der Waals surface area contributed by atoms with Crippen molar-refractivity contribution < 1.29 is 4.79 Å². The zero-order chi connectivity index (χ0) is 27.8. The van der Waals surface area contributed by atoms with Crippen molar-refractivity contribution in [3.05, 3.63) is 87.8 Å². The average Bonchev–Trinajstić information content (AvgIpc) is 2.95. The number of anilines is 3. The molecule has 0 saturated carbocycles. The molecule has 2 N–H and O–H groups in total. The Morgan fingerprint density at radius 1 is 0.950 bits per heavy atom. The van der Waals surface area contributed by atoms with Crippen LogP contribution in [0.15, 0.2) is 65.5 Å². The number of nitrogens with zero attached hydrogens (tertiary/aromatic N) is 3. The molecular formula is C32H37N5O2S. The molecule has 6 rings (SSSR count). The molecule has 2 bridgehead atoms. The predicted molar refractivity (Wildman–Crippen MR) is 166 cm³/mol. The summed E-state index contributed by atoms with van der Waals surface area (Å²) in [6, 6.07) is 19.7. The van der Waals surface area contributed by atoms with Crippen LogP contribution in [0.2, 0.25) is 0 Å². The number of hydrogen-bond acceptors (Lipinski definition) is 4. The van der Waals surface area contributed by atoms with Gasteiger partial charge in [0, 0.05) is 61.7 Å². The van der Waals surface area contributed by atoms with Gasteiger partial charge in [-0.3, -0.25) is 9.59 Å². The minimum absolute atomic E-state index is 0.0720. The lowest BCUT2D eigenvalue weighted by Crippen LogP contribution is -2.47. The fraction of sp³-hybridized carbons (Fsp3) is 0.406. The third-order valence-corrected chi connectivity index (χ3v) is 8.90. The van der Waals surface area contributed by atoms with E-state index >= 15 is 0 Å². The molecule has 1 aromatic heterocycles. The Morgan fingerprint density at radius 3 is 2.50 bits per heavy atom. The molecule has 208 valence electrons. The molecule has 2 aromatic carbocycles. The van der Waals surface area contributed by atoms with Gasteiger partial charge in [-0.05, 0) is 86.6 Å². The van der Waals surface area contributed by atoms with Gasteiger partial charge in [0.05, 0.1) is 11.4 Å². The molecule has 2 fully saturated rings. The van der Waals surface area contributed by atoms with Gasteiger partial charge in [0.25, 0.3) is 11.5 Å². The summed E-state index contributed by atoms with van der Waals surface area (Å²) in [7, 11) is 0. The fourth-order valence-corrected chi connectivity index (χ4v) is 6.68. The van der Waals surface area contributed by atoms with Crippen molar-refractivity contribution in [3.63, 3.8) is 0 Å². The molecule has 8 heteroatoms. The number of aromatic nitrogens is 1. The van der Waals surface area contributed by atoms with Gasteiger partial charge in [-0.1, -0.05) is 30.7 Å². The second-order valence-corrected chi connectivity index (χ2v) is 12.2. The van der Waals surface area contributed by atoms with E-state index in [1.165, 1.54) is 5.56 Å². The van der Waals surface area contributed by atoms with Gasteiger partial charge in [-0.2, -0.15) is 0 Å². The van der Waals surface area contributed by atoms with Gasteiger partial charge in [0.15, 0.2) is 5.11 Å². The van der Waals surface area contributed by atoms with Crippen molar-refractivity contribution in [2.75, 3.05) is 41.7 Å². The van der Waals surface area contributed by atoms with Crippen molar-refractivity contribution >= 4 is 40.3 Å². The Bertz CT molecular complexity index is 1480.